The quantitative estimate of drug-likeness (QED) is 0.0343. The molecule has 0 aromatic carbocycles. The van der Waals surface area contributed by atoms with Gasteiger partial charge < -0.3 is 14.2 Å². The number of carbonyl (C=O) groups is 3. The Balaban J connectivity index is 4.27. The van der Waals surface area contributed by atoms with Gasteiger partial charge in [0.15, 0.2) is 6.10 Å². The normalized spacial score (nSPS) is 12.0. The van der Waals surface area contributed by atoms with Gasteiger partial charge in [-0.1, -0.05) is 343 Å². The smallest absolute Gasteiger partial charge is 0.306 e. The van der Waals surface area contributed by atoms with Crippen LogP contribution in [0.1, 0.15) is 381 Å². The molecule has 1 atom stereocenters. The Hall–Kier alpha value is -1.59. The fourth-order valence-corrected chi connectivity index (χ4v) is 10.5. The molecule has 0 N–H and O–H groups in total. The van der Waals surface area contributed by atoms with Gasteiger partial charge >= 0.3 is 17.9 Å². The van der Waals surface area contributed by atoms with Crippen LogP contribution in [0.2, 0.25) is 0 Å². The first-order chi connectivity index (χ1) is 35.7. The Bertz CT molecular complexity index is 1120. The van der Waals surface area contributed by atoms with Crippen molar-refractivity contribution >= 4 is 17.9 Å². The highest BCUT2D eigenvalue weighted by molar-refractivity contribution is 5.71. The van der Waals surface area contributed by atoms with E-state index < -0.39 is 6.10 Å². The van der Waals surface area contributed by atoms with Gasteiger partial charge in [-0.3, -0.25) is 14.4 Å². The van der Waals surface area contributed by atoms with E-state index in [1.165, 1.54) is 270 Å². The Morgan fingerprint density at radius 1 is 0.260 bits per heavy atom. The summed E-state index contributed by atoms with van der Waals surface area (Å²) in [6.45, 7) is 11.5. The molecule has 0 bridgehead atoms. The van der Waals surface area contributed by atoms with E-state index in [9.17, 15) is 14.4 Å². The van der Waals surface area contributed by atoms with Crippen molar-refractivity contribution in [2.45, 2.75) is 387 Å². The zero-order valence-electron chi connectivity index (χ0n) is 50.3. The third-order valence-corrected chi connectivity index (χ3v) is 15.5. The molecule has 0 amide bonds. The van der Waals surface area contributed by atoms with Crippen molar-refractivity contribution < 1.29 is 28.6 Å². The fraction of sp³-hybridized carbons (Fsp3) is 0.955. The van der Waals surface area contributed by atoms with Gasteiger partial charge in [0.05, 0.1) is 0 Å². The van der Waals surface area contributed by atoms with Crippen LogP contribution >= 0.6 is 0 Å². The molecule has 0 unspecified atom stereocenters. The van der Waals surface area contributed by atoms with Crippen molar-refractivity contribution in [1.82, 2.24) is 0 Å². The van der Waals surface area contributed by atoms with Gasteiger partial charge in [0.25, 0.3) is 0 Å². The van der Waals surface area contributed by atoms with Crippen LogP contribution in [0.5, 0.6) is 0 Å². The van der Waals surface area contributed by atoms with Crippen LogP contribution in [-0.4, -0.2) is 37.2 Å². The van der Waals surface area contributed by atoms with Crippen LogP contribution in [0.15, 0.2) is 0 Å². The molecule has 0 aliphatic heterocycles. The predicted octanol–water partition coefficient (Wildman–Crippen LogP) is 22.4. The molecule has 0 aliphatic rings. The second kappa shape index (κ2) is 59.7. The summed E-state index contributed by atoms with van der Waals surface area (Å²) in [7, 11) is 0. The van der Waals surface area contributed by atoms with Crippen LogP contribution in [0.3, 0.4) is 0 Å². The van der Waals surface area contributed by atoms with E-state index in [2.05, 4.69) is 34.6 Å². The minimum absolute atomic E-state index is 0.0615. The molecule has 0 saturated carbocycles. The summed E-state index contributed by atoms with van der Waals surface area (Å²) in [6, 6.07) is 0. The summed E-state index contributed by atoms with van der Waals surface area (Å²) in [6.07, 6.45) is 66.8. The van der Waals surface area contributed by atoms with Crippen LogP contribution in [0, 0.1) is 11.8 Å². The molecule has 73 heavy (non-hydrogen) atoms. The average molecular weight is 1030 g/mol. The van der Waals surface area contributed by atoms with E-state index in [1.54, 1.807) is 0 Å². The van der Waals surface area contributed by atoms with Crippen molar-refractivity contribution in [2.75, 3.05) is 13.2 Å². The van der Waals surface area contributed by atoms with Crippen molar-refractivity contribution in [2.24, 2.45) is 11.8 Å². The lowest BCUT2D eigenvalue weighted by Gasteiger charge is -2.18. The number of ether oxygens (including phenoxy) is 3. The number of rotatable bonds is 61. The summed E-state index contributed by atoms with van der Waals surface area (Å²) < 4.78 is 17.0. The minimum Gasteiger partial charge on any atom is -0.462 e. The fourth-order valence-electron chi connectivity index (χ4n) is 10.5. The average Bonchev–Trinajstić information content (AvgIpc) is 3.37. The van der Waals surface area contributed by atoms with Gasteiger partial charge in [0.2, 0.25) is 0 Å². The highest BCUT2D eigenvalue weighted by atomic mass is 16.6. The molecule has 0 saturated heterocycles. The number of hydrogen-bond acceptors (Lipinski definition) is 6. The number of esters is 3. The topological polar surface area (TPSA) is 78.9 Å². The summed E-state index contributed by atoms with van der Waals surface area (Å²) in [5.74, 6) is 0.879. The number of carbonyl (C=O) groups excluding carboxylic acids is 3. The molecule has 434 valence electrons. The van der Waals surface area contributed by atoms with Gasteiger partial charge in [0.1, 0.15) is 13.2 Å². The molecule has 6 nitrogen and oxygen atoms in total. The third-order valence-electron chi connectivity index (χ3n) is 15.5. The number of unbranched alkanes of at least 4 members (excludes halogenated alkanes) is 46. The first-order valence-corrected chi connectivity index (χ1v) is 33.2. The molecule has 0 rings (SSSR count). The maximum Gasteiger partial charge on any atom is 0.306 e. The summed E-state index contributed by atoms with van der Waals surface area (Å²) in [5, 5.41) is 0. The van der Waals surface area contributed by atoms with Crippen LogP contribution in [-0.2, 0) is 28.6 Å². The predicted molar refractivity (Wildman–Crippen MR) is 316 cm³/mol. The van der Waals surface area contributed by atoms with Gasteiger partial charge in [-0.2, -0.15) is 0 Å². The van der Waals surface area contributed by atoms with Crippen molar-refractivity contribution in [3.8, 4) is 0 Å². The molecule has 6 heteroatoms. The Morgan fingerprint density at radius 3 is 0.671 bits per heavy atom. The largest absolute Gasteiger partial charge is 0.462 e. The van der Waals surface area contributed by atoms with E-state index in [1.807, 2.05) is 0 Å². The summed E-state index contributed by atoms with van der Waals surface area (Å²) >= 11 is 0. The maximum atomic E-state index is 12.9. The summed E-state index contributed by atoms with van der Waals surface area (Å²) in [5.41, 5.74) is 0. The van der Waals surface area contributed by atoms with E-state index in [4.69, 9.17) is 14.2 Å². The SMILES string of the molecule is CCCCCCCCCCCCCCCCCCC(=O)OC[C@@H](COC(=O)CCCCCCCCCCCCCCCCCCCCC(C)C)OC(=O)CCCCCCCCCCCCCCCCCC(C)C. The maximum absolute atomic E-state index is 12.9. The highest BCUT2D eigenvalue weighted by Gasteiger charge is 2.19. The van der Waals surface area contributed by atoms with E-state index in [-0.39, 0.29) is 31.1 Å². The Morgan fingerprint density at radius 2 is 0.452 bits per heavy atom. The molecule has 0 spiro atoms. The van der Waals surface area contributed by atoms with Gasteiger partial charge in [0, 0.05) is 19.3 Å². The lowest BCUT2D eigenvalue weighted by atomic mass is 10.0. The lowest BCUT2D eigenvalue weighted by Crippen LogP contribution is -2.30. The first kappa shape index (κ1) is 71.4. The van der Waals surface area contributed by atoms with E-state index in [0.29, 0.717) is 19.3 Å². The highest BCUT2D eigenvalue weighted by Crippen LogP contribution is 2.19. The molecule has 0 radical (unpaired) electrons. The van der Waals surface area contributed by atoms with Crippen molar-refractivity contribution in [3.05, 3.63) is 0 Å². The van der Waals surface area contributed by atoms with E-state index >= 15 is 0 Å². The molecule has 0 heterocycles. The third kappa shape index (κ3) is 61.1. The second-order valence-electron chi connectivity index (χ2n) is 24.1. The van der Waals surface area contributed by atoms with Gasteiger partial charge in [-0.15, -0.1) is 0 Å². The van der Waals surface area contributed by atoms with Crippen LogP contribution in [0.25, 0.3) is 0 Å². The Labute approximate surface area is 457 Å². The van der Waals surface area contributed by atoms with E-state index in [0.717, 1.165) is 69.6 Å². The Kier molecular flexibility index (Phi) is 58.4. The first-order valence-electron chi connectivity index (χ1n) is 33.2. The van der Waals surface area contributed by atoms with Crippen molar-refractivity contribution in [3.63, 3.8) is 0 Å². The molecule has 0 aliphatic carbocycles. The number of hydrogen-bond donors (Lipinski definition) is 0. The monoisotopic (exact) mass is 1030 g/mol. The molecule has 0 aromatic rings. The molecular formula is C67H130O6. The molecular weight excluding hydrogens is 901 g/mol. The zero-order valence-corrected chi connectivity index (χ0v) is 50.3. The van der Waals surface area contributed by atoms with Crippen molar-refractivity contribution in [1.29, 1.82) is 0 Å². The van der Waals surface area contributed by atoms with Gasteiger partial charge in [-0.05, 0) is 31.1 Å². The molecule has 0 fully saturated rings. The lowest BCUT2D eigenvalue weighted by molar-refractivity contribution is -0.167. The van der Waals surface area contributed by atoms with Gasteiger partial charge in [-0.25, -0.2) is 0 Å². The second-order valence-corrected chi connectivity index (χ2v) is 24.1. The zero-order chi connectivity index (χ0) is 53.2. The standard InChI is InChI=1S/C67H130O6/c1-6-7-8-9-10-11-12-13-14-22-27-32-37-42-47-52-57-65(68)71-60-64(73-67(70)59-54-49-44-39-34-29-24-19-21-26-31-36-41-46-51-56-63(4)5)61-72-66(69)58-53-48-43-38-33-28-23-18-16-15-17-20-25-30-35-40-45-50-55-62(2)3/h62-64H,6-61H2,1-5H3/t64-/m0/s1. The molecule has 0 aromatic heterocycles. The minimum atomic E-state index is -0.764. The van der Waals surface area contributed by atoms with Crippen LogP contribution < -0.4 is 0 Å². The van der Waals surface area contributed by atoms with Crippen LogP contribution in [0.4, 0.5) is 0 Å². The summed E-state index contributed by atoms with van der Waals surface area (Å²) in [4.78, 5) is 38.4.